The highest BCUT2D eigenvalue weighted by atomic mass is 35.5. The van der Waals surface area contributed by atoms with Crippen molar-refractivity contribution in [2.24, 2.45) is 5.10 Å². The molecule has 0 aliphatic carbocycles. The van der Waals surface area contributed by atoms with Crippen molar-refractivity contribution in [2.45, 2.75) is 0 Å². The molecule has 2 amide bonds. The van der Waals surface area contributed by atoms with Gasteiger partial charge in [0.05, 0.1) is 12.2 Å². The van der Waals surface area contributed by atoms with E-state index in [1.54, 1.807) is 18.2 Å². The molecule has 0 heterocycles. The zero-order chi connectivity index (χ0) is 19.8. The van der Waals surface area contributed by atoms with Gasteiger partial charge in [0, 0.05) is 21.3 Å². The molecule has 0 aromatic heterocycles. The maximum absolute atomic E-state index is 11.8. The van der Waals surface area contributed by atoms with Crippen LogP contribution in [0.15, 0.2) is 47.6 Å². The van der Waals surface area contributed by atoms with Gasteiger partial charge in [-0.1, -0.05) is 29.3 Å². The Kier molecular flexibility index (Phi) is 7.16. The van der Waals surface area contributed by atoms with Gasteiger partial charge in [-0.25, -0.2) is 5.43 Å². The number of rotatable bonds is 6. The number of hydrogen-bond donors (Lipinski definition) is 2. The number of benzene rings is 2. The normalized spacial score (nSPS) is 10.4. The number of carbonyl (C=O) groups excluding carboxylic acids is 3. The van der Waals surface area contributed by atoms with Crippen molar-refractivity contribution in [3.63, 3.8) is 0 Å². The summed E-state index contributed by atoms with van der Waals surface area (Å²) in [6.07, 6.45) is 1.15. The third-order valence-electron chi connectivity index (χ3n) is 2.98. The predicted molar refractivity (Wildman–Crippen MR) is 97.8 cm³/mol. The number of ether oxygens (including phenoxy) is 1. The van der Waals surface area contributed by atoms with E-state index in [1.165, 1.54) is 24.3 Å². The number of hydrogen-bond acceptors (Lipinski definition) is 6. The lowest BCUT2D eigenvalue weighted by atomic mass is 10.2. The molecule has 0 bridgehead atoms. The Morgan fingerprint density at radius 3 is 2.52 bits per heavy atom. The van der Waals surface area contributed by atoms with Crippen LogP contribution in [0.1, 0.15) is 5.56 Å². The van der Waals surface area contributed by atoms with Gasteiger partial charge in [0.1, 0.15) is 12.4 Å². The van der Waals surface area contributed by atoms with Crippen LogP contribution in [0.25, 0.3) is 0 Å². The summed E-state index contributed by atoms with van der Waals surface area (Å²) in [5.41, 5.74) is 2.67. The number of carboxylic acids is 1. The van der Waals surface area contributed by atoms with E-state index in [9.17, 15) is 19.5 Å². The first-order valence-electron chi connectivity index (χ1n) is 7.37. The van der Waals surface area contributed by atoms with Crippen LogP contribution in [-0.4, -0.2) is 30.6 Å². The van der Waals surface area contributed by atoms with E-state index in [1.807, 2.05) is 5.43 Å². The molecule has 2 aromatic rings. The van der Waals surface area contributed by atoms with Gasteiger partial charge in [-0.15, -0.1) is 0 Å². The van der Waals surface area contributed by atoms with Gasteiger partial charge in [0.15, 0.2) is 0 Å². The number of halogens is 2. The molecule has 0 aliphatic rings. The highest BCUT2D eigenvalue weighted by molar-refractivity contribution is 6.39. The topological polar surface area (TPSA) is 120 Å². The summed E-state index contributed by atoms with van der Waals surface area (Å²) in [5, 5.41) is 17.2. The summed E-state index contributed by atoms with van der Waals surface area (Å²) in [6.45, 7) is -0.670. The van der Waals surface area contributed by atoms with Gasteiger partial charge in [0.25, 0.3) is 0 Å². The number of amides is 2. The van der Waals surface area contributed by atoms with Gasteiger partial charge < -0.3 is 20.0 Å². The molecular formula is C17H12Cl2N3O5-. The second kappa shape index (κ2) is 9.56. The van der Waals surface area contributed by atoms with E-state index in [2.05, 4.69) is 10.4 Å². The van der Waals surface area contributed by atoms with Crippen LogP contribution in [0.3, 0.4) is 0 Å². The average Bonchev–Trinajstić information content (AvgIpc) is 2.60. The van der Waals surface area contributed by atoms with Crippen molar-refractivity contribution in [2.75, 3.05) is 11.9 Å². The lowest BCUT2D eigenvalue weighted by Gasteiger charge is -2.09. The minimum Gasteiger partial charge on any atom is -0.546 e. The Hall–Kier alpha value is -3.10. The molecule has 0 unspecified atom stereocenters. The molecule has 27 heavy (non-hydrogen) atoms. The lowest BCUT2D eigenvalue weighted by molar-refractivity contribution is -0.307. The van der Waals surface area contributed by atoms with Gasteiger partial charge in [-0.05, 0) is 36.4 Å². The summed E-state index contributed by atoms with van der Waals surface area (Å²) >= 11 is 11.7. The first-order valence-corrected chi connectivity index (χ1v) is 8.13. The number of hydrazone groups is 1. The Labute approximate surface area is 163 Å². The van der Waals surface area contributed by atoms with Gasteiger partial charge in [-0.2, -0.15) is 5.10 Å². The lowest BCUT2D eigenvalue weighted by Crippen LogP contribution is -2.32. The smallest absolute Gasteiger partial charge is 0.329 e. The van der Waals surface area contributed by atoms with E-state index in [-0.39, 0.29) is 5.75 Å². The zero-order valence-corrected chi connectivity index (χ0v) is 15.1. The Balaban J connectivity index is 1.99. The van der Waals surface area contributed by atoms with Crippen LogP contribution in [-0.2, 0) is 14.4 Å². The minimum atomic E-state index is -1.40. The fourth-order valence-electron chi connectivity index (χ4n) is 1.85. The van der Waals surface area contributed by atoms with E-state index < -0.39 is 24.4 Å². The molecule has 2 N–H and O–H groups in total. The average molecular weight is 409 g/mol. The third-order valence-corrected chi connectivity index (χ3v) is 3.45. The second-order valence-electron chi connectivity index (χ2n) is 5.01. The molecule has 2 aromatic carbocycles. The molecule has 10 heteroatoms. The molecule has 0 saturated carbocycles. The summed E-state index contributed by atoms with van der Waals surface area (Å²) in [5.74, 6) is -3.22. The first-order chi connectivity index (χ1) is 12.8. The SMILES string of the molecule is O=C([O-])COc1ccc(Cl)cc1/C=N\NC(=O)C(=O)Nc1cccc(Cl)c1. The Morgan fingerprint density at radius 2 is 1.81 bits per heavy atom. The number of anilines is 1. The van der Waals surface area contributed by atoms with Crippen LogP contribution < -0.4 is 20.6 Å². The van der Waals surface area contributed by atoms with E-state index in [0.717, 1.165) is 6.21 Å². The van der Waals surface area contributed by atoms with Crippen molar-refractivity contribution in [1.82, 2.24) is 5.43 Å². The monoisotopic (exact) mass is 408 g/mol. The maximum Gasteiger partial charge on any atom is 0.329 e. The van der Waals surface area contributed by atoms with Gasteiger partial charge >= 0.3 is 11.8 Å². The van der Waals surface area contributed by atoms with Gasteiger partial charge in [0.2, 0.25) is 0 Å². The molecule has 140 valence electrons. The molecule has 0 aliphatic heterocycles. The number of nitrogens with one attached hydrogen (secondary N) is 2. The van der Waals surface area contributed by atoms with Crippen LogP contribution in [0.4, 0.5) is 5.69 Å². The highest BCUT2D eigenvalue weighted by Crippen LogP contribution is 2.21. The largest absolute Gasteiger partial charge is 0.546 e. The van der Waals surface area contributed by atoms with Crippen molar-refractivity contribution in [1.29, 1.82) is 0 Å². The molecular weight excluding hydrogens is 397 g/mol. The molecule has 0 atom stereocenters. The second-order valence-corrected chi connectivity index (χ2v) is 5.88. The summed E-state index contributed by atoms with van der Waals surface area (Å²) in [4.78, 5) is 34.1. The molecule has 8 nitrogen and oxygen atoms in total. The van der Waals surface area contributed by atoms with E-state index in [4.69, 9.17) is 27.9 Å². The Morgan fingerprint density at radius 1 is 1.07 bits per heavy atom. The highest BCUT2D eigenvalue weighted by Gasteiger charge is 2.13. The van der Waals surface area contributed by atoms with Crippen LogP contribution in [0, 0.1) is 0 Å². The molecule has 0 radical (unpaired) electrons. The quantitative estimate of drug-likeness (QED) is 0.422. The van der Waals surface area contributed by atoms with Crippen molar-refractivity contribution in [3.05, 3.63) is 58.1 Å². The third kappa shape index (κ3) is 6.61. The number of carboxylic acid groups (broad SMARTS) is 1. The predicted octanol–water partition coefficient (Wildman–Crippen LogP) is 1.21. The molecule has 0 spiro atoms. The molecule has 2 rings (SSSR count). The standard InChI is InChI=1S/C17H13Cl2N3O5/c18-11-2-1-3-13(7-11)21-16(25)17(26)22-20-8-10-6-12(19)4-5-14(10)27-9-15(23)24/h1-8H,9H2,(H,21,25)(H,22,26)(H,23,24)/p-1/b20-8-. The number of aliphatic carboxylic acids is 1. The van der Waals surface area contributed by atoms with E-state index in [0.29, 0.717) is 21.3 Å². The minimum absolute atomic E-state index is 0.157. The number of nitrogens with zero attached hydrogens (tertiary/aromatic N) is 1. The zero-order valence-electron chi connectivity index (χ0n) is 13.6. The van der Waals surface area contributed by atoms with Crippen molar-refractivity contribution < 1.29 is 24.2 Å². The van der Waals surface area contributed by atoms with Crippen molar-refractivity contribution >= 4 is 52.9 Å². The molecule has 0 saturated heterocycles. The van der Waals surface area contributed by atoms with Crippen LogP contribution in [0.5, 0.6) is 5.75 Å². The summed E-state index contributed by atoms with van der Waals surface area (Å²) in [6, 6.07) is 10.6. The number of carbonyl (C=O) groups is 3. The maximum atomic E-state index is 11.8. The fraction of sp³-hybridized carbons (Fsp3) is 0.0588. The summed E-state index contributed by atoms with van der Waals surface area (Å²) in [7, 11) is 0. The Bertz CT molecular complexity index is 902. The van der Waals surface area contributed by atoms with E-state index >= 15 is 0 Å². The van der Waals surface area contributed by atoms with Crippen LogP contribution >= 0.6 is 23.2 Å². The first kappa shape index (κ1) is 20.2. The molecule has 0 fully saturated rings. The van der Waals surface area contributed by atoms with Gasteiger partial charge in [-0.3, -0.25) is 9.59 Å². The summed E-state index contributed by atoms with van der Waals surface area (Å²) < 4.78 is 5.03. The van der Waals surface area contributed by atoms with Crippen molar-refractivity contribution in [3.8, 4) is 5.75 Å². The van der Waals surface area contributed by atoms with Crippen LogP contribution in [0.2, 0.25) is 10.0 Å². The fourth-order valence-corrected chi connectivity index (χ4v) is 2.22.